The van der Waals surface area contributed by atoms with Gasteiger partial charge in [-0.2, -0.15) is 0 Å². The van der Waals surface area contributed by atoms with Crippen LogP contribution >= 0.6 is 23.4 Å². The van der Waals surface area contributed by atoms with Crippen molar-refractivity contribution in [2.75, 3.05) is 0 Å². The van der Waals surface area contributed by atoms with E-state index in [0.717, 1.165) is 28.5 Å². The van der Waals surface area contributed by atoms with Gasteiger partial charge in [-0.05, 0) is 53.6 Å². The number of halogens is 1. The summed E-state index contributed by atoms with van der Waals surface area (Å²) in [6, 6.07) is 14.9. The number of hydrogen-bond acceptors (Lipinski definition) is 3. The van der Waals surface area contributed by atoms with Gasteiger partial charge in [0.2, 0.25) is 0 Å². The van der Waals surface area contributed by atoms with Crippen molar-refractivity contribution in [3.63, 3.8) is 0 Å². The monoisotopic (exact) mass is 343 g/mol. The highest BCUT2D eigenvalue weighted by molar-refractivity contribution is 8.18. The number of thioether (sulfide) groups is 1. The van der Waals surface area contributed by atoms with Gasteiger partial charge in [-0.3, -0.25) is 14.5 Å². The molecule has 3 rings (SSSR count). The van der Waals surface area contributed by atoms with E-state index in [-0.39, 0.29) is 11.1 Å². The van der Waals surface area contributed by atoms with E-state index in [1.807, 2.05) is 43.3 Å². The fourth-order valence-electron chi connectivity index (χ4n) is 2.30. The SMILES string of the molecule is Cc1ccccc1CN1C(=O)S/C(=C/c2ccc(Cl)cc2)C1=O. The normalized spacial score (nSPS) is 16.4. The third kappa shape index (κ3) is 3.49. The summed E-state index contributed by atoms with van der Waals surface area (Å²) in [5.41, 5.74) is 2.88. The molecule has 0 spiro atoms. The van der Waals surface area contributed by atoms with E-state index in [0.29, 0.717) is 16.5 Å². The minimum Gasteiger partial charge on any atom is -0.268 e. The number of hydrogen-bond donors (Lipinski definition) is 0. The molecule has 116 valence electrons. The molecule has 0 aromatic heterocycles. The molecule has 1 aliphatic heterocycles. The minimum atomic E-state index is -0.252. The molecule has 1 fully saturated rings. The maximum Gasteiger partial charge on any atom is 0.293 e. The third-order valence-corrected chi connectivity index (χ3v) is 4.79. The van der Waals surface area contributed by atoms with Gasteiger partial charge in [-0.15, -0.1) is 0 Å². The van der Waals surface area contributed by atoms with Crippen LogP contribution < -0.4 is 0 Å². The van der Waals surface area contributed by atoms with Crippen molar-refractivity contribution in [3.8, 4) is 0 Å². The van der Waals surface area contributed by atoms with Gasteiger partial charge in [0.05, 0.1) is 11.4 Å². The lowest BCUT2D eigenvalue weighted by atomic mass is 10.1. The highest BCUT2D eigenvalue weighted by Gasteiger charge is 2.35. The van der Waals surface area contributed by atoms with Crippen LogP contribution in [0.4, 0.5) is 4.79 Å². The Labute approximate surface area is 143 Å². The summed E-state index contributed by atoms with van der Waals surface area (Å²) >= 11 is 6.82. The topological polar surface area (TPSA) is 37.4 Å². The average molecular weight is 344 g/mol. The molecular weight excluding hydrogens is 330 g/mol. The number of amides is 2. The summed E-state index contributed by atoms with van der Waals surface area (Å²) in [6.07, 6.45) is 1.72. The van der Waals surface area contributed by atoms with E-state index < -0.39 is 0 Å². The lowest BCUT2D eigenvalue weighted by Crippen LogP contribution is -2.27. The lowest BCUT2D eigenvalue weighted by Gasteiger charge is -2.14. The van der Waals surface area contributed by atoms with Gasteiger partial charge < -0.3 is 0 Å². The molecule has 2 aromatic carbocycles. The van der Waals surface area contributed by atoms with E-state index in [1.165, 1.54) is 4.90 Å². The van der Waals surface area contributed by atoms with Gasteiger partial charge in [-0.25, -0.2) is 0 Å². The fraction of sp³-hybridized carbons (Fsp3) is 0.111. The molecular formula is C18H14ClNO2S. The molecule has 23 heavy (non-hydrogen) atoms. The van der Waals surface area contributed by atoms with Gasteiger partial charge >= 0.3 is 0 Å². The lowest BCUT2D eigenvalue weighted by molar-refractivity contribution is -0.123. The highest BCUT2D eigenvalue weighted by atomic mass is 35.5. The van der Waals surface area contributed by atoms with E-state index >= 15 is 0 Å². The summed E-state index contributed by atoms with van der Waals surface area (Å²) < 4.78 is 0. The Morgan fingerprint density at radius 1 is 1.09 bits per heavy atom. The maximum atomic E-state index is 12.5. The zero-order chi connectivity index (χ0) is 16.4. The first-order valence-electron chi connectivity index (χ1n) is 7.10. The van der Waals surface area contributed by atoms with E-state index in [9.17, 15) is 9.59 Å². The summed E-state index contributed by atoms with van der Waals surface area (Å²) in [7, 11) is 0. The first-order chi connectivity index (χ1) is 11.0. The first kappa shape index (κ1) is 15.8. The van der Waals surface area contributed by atoms with Crippen molar-refractivity contribution in [2.45, 2.75) is 13.5 Å². The molecule has 0 atom stereocenters. The zero-order valence-electron chi connectivity index (χ0n) is 12.5. The maximum absolute atomic E-state index is 12.5. The number of carbonyl (C=O) groups excluding carboxylic acids is 2. The molecule has 0 saturated carbocycles. The molecule has 0 radical (unpaired) electrons. The Morgan fingerprint density at radius 3 is 2.48 bits per heavy atom. The van der Waals surface area contributed by atoms with E-state index in [4.69, 9.17) is 11.6 Å². The van der Waals surface area contributed by atoms with Gasteiger partial charge in [0, 0.05) is 5.02 Å². The smallest absolute Gasteiger partial charge is 0.268 e. The molecule has 2 amide bonds. The second kappa shape index (κ2) is 6.60. The molecule has 0 bridgehead atoms. The number of aryl methyl sites for hydroxylation is 1. The third-order valence-electron chi connectivity index (χ3n) is 3.63. The van der Waals surface area contributed by atoms with Crippen LogP contribution in [0.2, 0.25) is 5.02 Å². The summed E-state index contributed by atoms with van der Waals surface area (Å²) in [5.74, 6) is -0.252. The number of nitrogens with zero attached hydrogens (tertiary/aromatic N) is 1. The van der Waals surface area contributed by atoms with Crippen LogP contribution in [-0.2, 0) is 11.3 Å². The van der Waals surface area contributed by atoms with Gasteiger partial charge in [0.15, 0.2) is 0 Å². The van der Waals surface area contributed by atoms with E-state index in [1.54, 1.807) is 18.2 Å². The Morgan fingerprint density at radius 2 is 1.78 bits per heavy atom. The fourth-order valence-corrected chi connectivity index (χ4v) is 3.27. The summed E-state index contributed by atoms with van der Waals surface area (Å²) in [5, 5.41) is 0.397. The van der Waals surface area contributed by atoms with Crippen molar-refractivity contribution in [1.29, 1.82) is 0 Å². The van der Waals surface area contributed by atoms with Crippen LogP contribution in [0.25, 0.3) is 6.08 Å². The van der Waals surface area contributed by atoms with Crippen LogP contribution in [-0.4, -0.2) is 16.0 Å². The first-order valence-corrected chi connectivity index (χ1v) is 8.29. The van der Waals surface area contributed by atoms with Gasteiger partial charge in [-0.1, -0.05) is 48.0 Å². The number of benzene rings is 2. The van der Waals surface area contributed by atoms with Crippen LogP contribution in [0, 0.1) is 6.92 Å². The van der Waals surface area contributed by atoms with Crippen molar-refractivity contribution in [2.24, 2.45) is 0 Å². The molecule has 1 heterocycles. The van der Waals surface area contributed by atoms with Crippen LogP contribution in [0.15, 0.2) is 53.4 Å². The Kier molecular flexibility index (Phi) is 4.55. The second-order valence-electron chi connectivity index (χ2n) is 5.25. The Hall–Kier alpha value is -2.04. The Balaban J connectivity index is 1.82. The second-order valence-corrected chi connectivity index (χ2v) is 6.68. The van der Waals surface area contributed by atoms with Crippen LogP contribution in [0.5, 0.6) is 0 Å². The number of imide groups is 1. The quantitative estimate of drug-likeness (QED) is 0.745. The molecule has 2 aromatic rings. The molecule has 1 saturated heterocycles. The molecule has 0 N–H and O–H groups in total. The average Bonchev–Trinajstić information content (AvgIpc) is 2.79. The van der Waals surface area contributed by atoms with Crippen molar-refractivity contribution >= 4 is 40.6 Å². The van der Waals surface area contributed by atoms with Gasteiger partial charge in [0.1, 0.15) is 0 Å². The van der Waals surface area contributed by atoms with Crippen molar-refractivity contribution < 1.29 is 9.59 Å². The minimum absolute atomic E-state index is 0.238. The van der Waals surface area contributed by atoms with E-state index in [2.05, 4.69) is 0 Å². The molecule has 1 aliphatic rings. The number of carbonyl (C=O) groups is 2. The summed E-state index contributed by atoms with van der Waals surface area (Å²) in [6.45, 7) is 2.27. The zero-order valence-corrected chi connectivity index (χ0v) is 14.0. The van der Waals surface area contributed by atoms with Crippen LogP contribution in [0.1, 0.15) is 16.7 Å². The molecule has 0 unspecified atom stereocenters. The molecule has 5 heteroatoms. The summed E-state index contributed by atoms with van der Waals surface area (Å²) in [4.78, 5) is 26.4. The van der Waals surface area contributed by atoms with Crippen molar-refractivity contribution in [1.82, 2.24) is 4.90 Å². The molecule has 0 aliphatic carbocycles. The highest BCUT2D eigenvalue weighted by Crippen LogP contribution is 2.33. The largest absolute Gasteiger partial charge is 0.293 e. The Bertz CT molecular complexity index is 799. The van der Waals surface area contributed by atoms with Gasteiger partial charge in [0.25, 0.3) is 11.1 Å². The van der Waals surface area contributed by atoms with Crippen LogP contribution in [0.3, 0.4) is 0 Å². The molecule has 3 nitrogen and oxygen atoms in total. The predicted octanol–water partition coefficient (Wildman–Crippen LogP) is 4.88. The predicted molar refractivity (Wildman–Crippen MR) is 94.1 cm³/mol. The number of rotatable bonds is 3. The standard InChI is InChI=1S/C18H14ClNO2S/c1-12-4-2-3-5-14(12)11-20-17(21)16(23-18(20)22)10-13-6-8-15(19)9-7-13/h2-10H,11H2,1H3/b16-10+. The van der Waals surface area contributed by atoms with Crippen molar-refractivity contribution in [3.05, 3.63) is 75.1 Å².